The molecule has 1 aromatic rings. The Balaban J connectivity index is 1.37. The van der Waals surface area contributed by atoms with Crippen molar-refractivity contribution < 1.29 is 9.53 Å². The first kappa shape index (κ1) is 19.7. The molecule has 0 spiro atoms. The van der Waals surface area contributed by atoms with Crippen molar-refractivity contribution in [2.45, 2.75) is 77.6 Å². The van der Waals surface area contributed by atoms with E-state index in [-0.39, 0.29) is 12.1 Å². The van der Waals surface area contributed by atoms with Gasteiger partial charge in [-0.3, -0.25) is 4.90 Å². The third kappa shape index (κ3) is 5.71. The highest BCUT2D eigenvalue weighted by atomic mass is 16.6. The summed E-state index contributed by atoms with van der Waals surface area (Å²) in [7, 11) is 0. The highest BCUT2D eigenvalue weighted by Gasteiger charge is 2.26. The Kier molecular flexibility index (Phi) is 6.06. The predicted octanol–water partition coefficient (Wildman–Crippen LogP) is 4.35. The Morgan fingerprint density at radius 2 is 1.93 bits per heavy atom. The molecule has 5 heteroatoms. The van der Waals surface area contributed by atoms with Gasteiger partial charge in [0.1, 0.15) is 5.60 Å². The summed E-state index contributed by atoms with van der Waals surface area (Å²) < 4.78 is 5.35. The van der Waals surface area contributed by atoms with Crippen molar-refractivity contribution in [3.63, 3.8) is 0 Å². The standard InChI is InChI=1S/C22H31N3O2/c1-22(2,3)27-21(26)24-20-8-5-16(6-9-20)10-11-25-14-18-7-4-17(13-23)12-19(18)15-25/h4,7,12,16,20H,5-6,8-11,14-15H2,1-3H3,(H,24,26). The predicted molar refractivity (Wildman–Crippen MR) is 105 cm³/mol. The van der Waals surface area contributed by atoms with Crippen molar-refractivity contribution >= 4 is 6.09 Å². The average Bonchev–Trinajstić information content (AvgIpc) is 3.01. The number of hydrogen-bond acceptors (Lipinski definition) is 4. The van der Waals surface area contributed by atoms with Gasteiger partial charge in [0, 0.05) is 19.1 Å². The van der Waals surface area contributed by atoms with E-state index in [0.29, 0.717) is 0 Å². The van der Waals surface area contributed by atoms with E-state index in [1.807, 2.05) is 32.9 Å². The fraction of sp³-hybridized carbons (Fsp3) is 0.636. The Morgan fingerprint density at radius 3 is 2.59 bits per heavy atom. The van der Waals surface area contributed by atoms with Gasteiger partial charge in [0.25, 0.3) is 0 Å². The van der Waals surface area contributed by atoms with Crippen molar-refractivity contribution in [3.05, 3.63) is 34.9 Å². The van der Waals surface area contributed by atoms with E-state index in [1.54, 1.807) is 0 Å². The molecule has 0 aromatic heterocycles. The van der Waals surface area contributed by atoms with Crippen LogP contribution in [0.3, 0.4) is 0 Å². The van der Waals surface area contributed by atoms with E-state index >= 15 is 0 Å². The van der Waals surface area contributed by atoms with Crippen LogP contribution >= 0.6 is 0 Å². The number of nitriles is 1. The van der Waals surface area contributed by atoms with Gasteiger partial charge in [-0.05, 0) is 88.6 Å². The Labute approximate surface area is 162 Å². The number of ether oxygens (including phenoxy) is 1. The maximum atomic E-state index is 11.9. The summed E-state index contributed by atoms with van der Waals surface area (Å²) in [5.74, 6) is 0.736. The minimum absolute atomic E-state index is 0.247. The lowest BCUT2D eigenvalue weighted by Crippen LogP contribution is -2.41. The van der Waals surface area contributed by atoms with Crippen LogP contribution < -0.4 is 5.32 Å². The molecule has 1 aromatic carbocycles. The normalized spacial score (nSPS) is 22.7. The second-order valence-corrected chi connectivity index (χ2v) is 8.96. The van der Waals surface area contributed by atoms with E-state index in [1.165, 1.54) is 30.4 Å². The fourth-order valence-electron chi connectivity index (χ4n) is 4.13. The van der Waals surface area contributed by atoms with Crippen LogP contribution in [0.4, 0.5) is 4.79 Å². The Hall–Kier alpha value is -2.06. The first-order chi connectivity index (χ1) is 12.8. The summed E-state index contributed by atoms with van der Waals surface area (Å²) in [6.07, 6.45) is 5.32. The number of fused-ring (bicyclic) bond motifs is 1. The van der Waals surface area contributed by atoms with Crippen molar-refractivity contribution in [2.75, 3.05) is 6.54 Å². The minimum atomic E-state index is -0.442. The molecular weight excluding hydrogens is 338 g/mol. The van der Waals surface area contributed by atoms with Crippen LogP contribution in [-0.2, 0) is 17.8 Å². The second kappa shape index (κ2) is 8.31. The molecule has 0 unspecified atom stereocenters. The van der Waals surface area contributed by atoms with Crippen LogP contribution in [-0.4, -0.2) is 29.2 Å². The molecule has 1 saturated carbocycles. The molecule has 27 heavy (non-hydrogen) atoms. The van der Waals surface area contributed by atoms with Gasteiger partial charge >= 0.3 is 6.09 Å². The molecule has 0 radical (unpaired) electrons. The van der Waals surface area contributed by atoms with Crippen LogP contribution in [0.2, 0.25) is 0 Å². The number of hydrogen-bond donors (Lipinski definition) is 1. The summed E-state index contributed by atoms with van der Waals surface area (Å²) >= 11 is 0. The number of alkyl carbamates (subject to hydrolysis) is 1. The minimum Gasteiger partial charge on any atom is -0.444 e. The van der Waals surface area contributed by atoms with E-state index in [2.05, 4.69) is 22.4 Å². The molecule has 1 aliphatic carbocycles. The lowest BCUT2D eigenvalue weighted by molar-refractivity contribution is 0.0486. The molecule has 5 nitrogen and oxygen atoms in total. The molecule has 2 aliphatic rings. The van der Waals surface area contributed by atoms with Gasteiger partial charge in [0.15, 0.2) is 0 Å². The highest BCUT2D eigenvalue weighted by molar-refractivity contribution is 5.68. The number of rotatable bonds is 4. The number of amides is 1. The van der Waals surface area contributed by atoms with Crippen LogP contribution in [0.1, 0.15) is 69.6 Å². The smallest absolute Gasteiger partial charge is 0.407 e. The zero-order chi connectivity index (χ0) is 19.4. The van der Waals surface area contributed by atoms with Crippen molar-refractivity contribution in [2.24, 2.45) is 5.92 Å². The molecule has 146 valence electrons. The van der Waals surface area contributed by atoms with Crippen LogP contribution in [0.5, 0.6) is 0 Å². The summed E-state index contributed by atoms with van der Waals surface area (Å²) in [4.78, 5) is 14.4. The molecule has 1 amide bonds. The van der Waals surface area contributed by atoms with Gasteiger partial charge in [-0.15, -0.1) is 0 Å². The molecule has 1 aliphatic heterocycles. The number of benzene rings is 1. The third-order valence-electron chi connectivity index (χ3n) is 5.54. The van der Waals surface area contributed by atoms with E-state index in [4.69, 9.17) is 10.00 Å². The SMILES string of the molecule is CC(C)(C)OC(=O)NC1CCC(CCN2Cc3ccc(C#N)cc3C2)CC1. The number of nitrogens with one attached hydrogen (secondary N) is 1. The Morgan fingerprint density at radius 1 is 1.22 bits per heavy atom. The van der Waals surface area contributed by atoms with Gasteiger partial charge in [0.2, 0.25) is 0 Å². The van der Waals surface area contributed by atoms with Crippen LogP contribution in [0.15, 0.2) is 18.2 Å². The van der Waals surface area contributed by atoms with Gasteiger partial charge < -0.3 is 10.1 Å². The van der Waals surface area contributed by atoms with Gasteiger partial charge in [0.05, 0.1) is 11.6 Å². The van der Waals surface area contributed by atoms with Crippen molar-refractivity contribution in [3.8, 4) is 6.07 Å². The Bertz CT molecular complexity index is 709. The third-order valence-corrected chi connectivity index (χ3v) is 5.54. The number of carbonyl (C=O) groups is 1. The summed E-state index contributed by atoms with van der Waals surface area (Å²) in [6.45, 7) is 8.73. The van der Waals surface area contributed by atoms with Gasteiger partial charge in [-0.1, -0.05) is 6.07 Å². The molecule has 1 N–H and O–H groups in total. The summed E-state index contributed by atoms with van der Waals surface area (Å²) in [5.41, 5.74) is 2.98. The second-order valence-electron chi connectivity index (χ2n) is 8.96. The maximum absolute atomic E-state index is 11.9. The van der Waals surface area contributed by atoms with Crippen molar-refractivity contribution in [1.29, 1.82) is 5.26 Å². The first-order valence-electron chi connectivity index (χ1n) is 10.1. The molecular formula is C22H31N3O2. The molecule has 0 bridgehead atoms. The lowest BCUT2D eigenvalue weighted by atomic mass is 9.84. The highest BCUT2D eigenvalue weighted by Crippen LogP contribution is 2.29. The molecule has 1 heterocycles. The quantitative estimate of drug-likeness (QED) is 0.857. The fourth-order valence-corrected chi connectivity index (χ4v) is 4.13. The summed E-state index contributed by atoms with van der Waals surface area (Å²) in [6, 6.07) is 8.52. The molecule has 3 rings (SSSR count). The molecule has 0 saturated heterocycles. The van der Waals surface area contributed by atoms with Crippen LogP contribution in [0.25, 0.3) is 0 Å². The number of nitrogens with zero attached hydrogens (tertiary/aromatic N) is 2. The first-order valence-corrected chi connectivity index (χ1v) is 10.1. The van der Waals surface area contributed by atoms with Gasteiger partial charge in [-0.25, -0.2) is 4.79 Å². The van der Waals surface area contributed by atoms with Crippen molar-refractivity contribution in [1.82, 2.24) is 10.2 Å². The number of carbonyl (C=O) groups excluding carboxylic acids is 1. The maximum Gasteiger partial charge on any atom is 0.407 e. The van der Waals surface area contributed by atoms with E-state index in [0.717, 1.165) is 44.0 Å². The molecule has 0 atom stereocenters. The largest absolute Gasteiger partial charge is 0.444 e. The summed E-state index contributed by atoms with van der Waals surface area (Å²) in [5, 5.41) is 12.1. The average molecular weight is 370 g/mol. The lowest BCUT2D eigenvalue weighted by Gasteiger charge is -2.31. The van der Waals surface area contributed by atoms with E-state index < -0.39 is 5.60 Å². The topological polar surface area (TPSA) is 65.4 Å². The molecule has 1 fully saturated rings. The zero-order valence-corrected chi connectivity index (χ0v) is 16.8. The van der Waals surface area contributed by atoms with Crippen LogP contribution in [0, 0.1) is 17.2 Å². The van der Waals surface area contributed by atoms with Gasteiger partial charge in [-0.2, -0.15) is 5.26 Å². The zero-order valence-electron chi connectivity index (χ0n) is 16.8. The van der Waals surface area contributed by atoms with E-state index in [9.17, 15) is 4.79 Å². The monoisotopic (exact) mass is 369 g/mol.